The topological polar surface area (TPSA) is 77.0 Å². The first kappa shape index (κ1) is 13.5. The zero-order valence-electron chi connectivity index (χ0n) is 11.9. The first-order valence-electron chi connectivity index (χ1n) is 6.72. The van der Waals surface area contributed by atoms with E-state index in [2.05, 4.69) is 15.1 Å². The lowest BCUT2D eigenvalue weighted by molar-refractivity contribution is 0.270. The highest BCUT2D eigenvalue weighted by molar-refractivity contribution is 5.59. The van der Waals surface area contributed by atoms with Gasteiger partial charge in [-0.2, -0.15) is 0 Å². The fourth-order valence-electron chi connectivity index (χ4n) is 2.28. The van der Waals surface area contributed by atoms with Crippen LogP contribution < -0.4 is 0 Å². The van der Waals surface area contributed by atoms with E-state index in [1.807, 2.05) is 32.0 Å². The normalized spacial score (nSPS) is 11.0. The fraction of sp³-hybridized carbons (Fsp3) is 0.267. The van der Waals surface area contributed by atoms with Crippen LogP contribution in [0.25, 0.3) is 23.0 Å². The summed E-state index contributed by atoms with van der Waals surface area (Å²) in [5, 5.41) is 13.6. The van der Waals surface area contributed by atoms with E-state index in [0.717, 1.165) is 17.0 Å². The molecule has 0 radical (unpaired) electrons. The molecule has 0 saturated carbocycles. The van der Waals surface area contributed by atoms with Crippen molar-refractivity contribution in [2.75, 3.05) is 6.61 Å². The summed E-state index contributed by atoms with van der Waals surface area (Å²) in [5.74, 6) is 1.81. The number of aliphatic hydroxyl groups is 1. The number of aryl methyl sites for hydroxylation is 2. The van der Waals surface area contributed by atoms with Crippen molar-refractivity contribution in [1.29, 1.82) is 0 Å². The van der Waals surface area contributed by atoms with Gasteiger partial charge in [0.05, 0.1) is 19.4 Å². The molecule has 0 aliphatic rings. The molecule has 6 nitrogen and oxygen atoms in total. The van der Waals surface area contributed by atoms with Crippen molar-refractivity contribution in [2.45, 2.75) is 20.4 Å². The van der Waals surface area contributed by atoms with Gasteiger partial charge in [0.2, 0.25) is 5.82 Å². The van der Waals surface area contributed by atoms with Gasteiger partial charge in [-0.1, -0.05) is 0 Å². The molecule has 0 aromatic carbocycles. The minimum Gasteiger partial charge on any atom is -0.461 e. The predicted octanol–water partition coefficient (Wildman–Crippen LogP) is 2.21. The second-order valence-corrected chi connectivity index (χ2v) is 4.82. The molecule has 6 heteroatoms. The highest BCUT2D eigenvalue weighted by atomic mass is 16.3. The molecule has 108 valence electrons. The van der Waals surface area contributed by atoms with Crippen LogP contribution in [0.15, 0.2) is 34.9 Å². The monoisotopic (exact) mass is 284 g/mol. The van der Waals surface area contributed by atoms with Crippen molar-refractivity contribution < 1.29 is 9.52 Å². The predicted molar refractivity (Wildman–Crippen MR) is 77.5 cm³/mol. The molecule has 3 aromatic heterocycles. The van der Waals surface area contributed by atoms with Gasteiger partial charge >= 0.3 is 0 Å². The number of furan rings is 1. The minimum atomic E-state index is -0.00297. The summed E-state index contributed by atoms with van der Waals surface area (Å²) < 4.78 is 7.02. The molecule has 0 spiro atoms. The number of aromatic nitrogens is 4. The molecule has 0 atom stereocenters. The van der Waals surface area contributed by atoms with E-state index in [9.17, 15) is 5.11 Å². The van der Waals surface area contributed by atoms with E-state index < -0.39 is 0 Å². The molecule has 0 aliphatic heterocycles. The minimum absolute atomic E-state index is 0.00297. The van der Waals surface area contributed by atoms with Gasteiger partial charge in [-0.05, 0) is 38.1 Å². The van der Waals surface area contributed by atoms with Gasteiger partial charge in [-0.15, -0.1) is 5.10 Å². The van der Waals surface area contributed by atoms with Crippen LogP contribution in [0, 0.1) is 13.8 Å². The van der Waals surface area contributed by atoms with Crippen LogP contribution in [0.2, 0.25) is 0 Å². The van der Waals surface area contributed by atoms with E-state index in [1.54, 1.807) is 17.0 Å². The van der Waals surface area contributed by atoms with Crippen LogP contribution in [0.4, 0.5) is 0 Å². The number of aliphatic hydroxyl groups excluding tert-OH is 1. The number of pyridine rings is 1. The van der Waals surface area contributed by atoms with E-state index in [4.69, 9.17) is 4.42 Å². The van der Waals surface area contributed by atoms with Crippen molar-refractivity contribution in [1.82, 2.24) is 19.7 Å². The molecule has 0 amide bonds. The molecule has 0 aliphatic carbocycles. The maximum atomic E-state index is 9.22. The van der Waals surface area contributed by atoms with E-state index in [1.165, 1.54) is 0 Å². The Bertz CT molecular complexity index is 727. The van der Waals surface area contributed by atoms with Crippen molar-refractivity contribution in [3.63, 3.8) is 0 Å². The van der Waals surface area contributed by atoms with Crippen LogP contribution in [0.1, 0.15) is 11.4 Å². The molecule has 0 fully saturated rings. The quantitative estimate of drug-likeness (QED) is 0.794. The fourth-order valence-corrected chi connectivity index (χ4v) is 2.28. The summed E-state index contributed by atoms with van der Waals surface area (Å²) in [7, 11) is 0. The Hall–Kier alpha value is -2.47. The average molecular weight is 284 g/mol. The lowest BCUT2D eigenvalue weighted by Crippen LogP contribution is -2.06. The van der Waals surface area contributed by atoms with Gasteiger partial charge in [0, 0.05) is 17.0 Å². The smallest absolute Gasteiger partial charge is 0.217 e. The number of nitrogens with zero attached hydrogens (tertiary/aromatic N) is 4. The molecule has 0 saturated heterocycles. The third-order valence-corrected chi connectivity index (χ3v) is 3.06. The van der Waals surface area contributed by atoms with Gasteiger partial charge in [0.15, 0.2) is 11.6 Å². The molecule has 3 rings (SSSR count). The molecular formula is C15H16N4O2. The summed E-state index contributed by atoms with van der Waals surface area (Å²) in [6.45, 7) is 4.26. The Labute approximate surface area is 122 Å². The van der Waals surface area contributed by atoms with E-state index in [0.29, 0.717) is 24.0 Å². The third kappa shape index (κ3) is 2.71. The Balaban J connectivity index is 2.11. The second kappa shape index (κ2) is 5.49. The average Bonchev–Trinajstić information content (AvgIpc) is 3.06. The Kier molecular flexibility index (Phi) is 3.53. The van der Waals surface area contributed by atoms with Crippen LogP contribution in [-0.4, -0.2) is 31.5 Å². The summed E-state index contributed by atoms with van der Waals surface area (Å²) in [6, 6.07) is 7.52. The first-order valence-corrected chi connectivity index (χ1v) is 6.72. The lowest BCUT2D eigenvalue weighted by atomic mass is 10.2. The molecule has 0 bridgehead atoms. The SMILES string of the molecule is Cc1cc(-c2nc(-c3ccco3)nn2CCO)cc(C)n1. The first-order chi connectivity index (χ1) is 10.2. The molecule has 1 N–H and O–H groups in total. The number of hydrogen-bond donors (Lipinski definition) is 1. The Morgan fingerprint density at radius 2 is 1.95 bits per heavy atom. The van der Waals surface area contributed by atoms with Crippen molar-refractivity contribution in [2.24, 2.45) is 0 Å². The van der Waals surface area contributed by atoms with Crippen molar-refractivity contribution >= 4 is 0 Å². The van der Waals surface area contributed by atoms with Crippen LogP contribution in [0.3, 0.4) is 0 Å². The van der Waals surface area contributed by atoms with Crippen molar-refractivity contribution in [3.05, 3.63) is 41.9 Å². The Morgan fingerprint density at radius 1 is 1.19 bits per heavy atom. The summed E-state index contributed by atoms with van der Waals surface area (Å²) in [6.07, 6.45) is 1.59. The van der Waals surface area contributed by atoms with Gasteiger partial charge < -0.3 is 9.52 Å². The maximum Gasteiger partial charge on any atom is 0.217 e. The summed E-state index contributed by atoms with van der Waals surface area (Å²) >= 11 is 0. The van der Waals surface area contributed by atoms with Gasteiger partial charge in [0.1, 0.15) is 0 Å². The largest absolute Gasteiger partial charge is 0.461 e. The molecule has 0 unspecified atom stereocenters. The van der Waals surface area contributed by atoms with E-state index >= 15 is 0 Å². The Morgan fingerprint density at radius 3 is 2.57 bits per heavy atom. The zero-order valence-corrected chi connectivity index (χ0v) is 11.9. The summed E-state index contributed by atoms with van der Waals surface area (Å²) in [4.78, 5) is 8.91. The highest BCUT2D eigenvalue weighted by Gasteiger charge is 2.15. The second-order valence-electron chi connectivity index (χ2n) is 4.82. The van der Waals surface area contributed by atoms with Crippen LogP contribution in [0.5, 0.6) is 0 Å². The van der Waals surface area contributed by atoms with Gasteiger partial charge in [-0.3, -0.25) is 4.98 Å². The van der Waals surface area contributed by atoms with Gasteiger partial charge in [-0.25, -0.2) is 9.67 Å². The lowest BCUT2D eigenvalue weighted by Gasteiger charge is -2.05. The maximum absolute atomic E-state index is 9.22. The number of rotatable bonds is 4. The van der Waals surface area contributed by atoms with Crippen LogP contribution >= 0.6 is 0 Å². The highest BCUT2D eigenvalue weighted by Crippen LogP contribution is 2.23. The standard InChI is InChI=1S/C15H16N4O2/c1-10-8-12(9-11(2)16-10)15-17-14(13-4-3-7-21-13)18-19(15)5-6-20/h3-4,7-9,20H,5-6H2,1-2H3. The van der Waals surface area contributed by atoms with E-state index in [-0.39, 0.29) is 6.61 Å². The number of hydrogen-bond acceptors (Lipinski definition) is 5. The van der Waals surface area contributed by atoms with Gasteiger partial charge in [0.25, 0.3) is 0 Å². The molecule has 21 heavy (non-hydrogen) atoms. The third-order valence-electron chi connectivity index (χ3n) is 3.06. The molecular weight excluding hydrogens is 268 g/mol. The van der Waals surface area contributed by atoms with Crippen LogP contribution in [-0.2, 0) is 6.54 Å². The van der Waals surface area contributed by atoms with Crippen molar-refractivity contribution in [3.8, 4) is 23.0 Å². The zero-order chi connectivity index (χ0) is 14.8. The molecule has 3 aromatic rings. The summed E-state index contributed by atoms with van der Waals surface area (Å²) in [5.41, 5.74) is 2.77. The molecule has 3 heterocycles.